The molecule has 1 amide bonds. The maximum atomic E-state index is 12.2. The summed E-state index contributed by atoms with van der Waals surface area (Å²) in [6, 6.07) is 6.82. The van der Waals surface area contributed by atoms with Crippen LogP contribution in [0.2, 0.25) is 0 Å². The van der Waals surface area contributed by atoms with Gasteiger partial charge in [0.25, 0.3) is 0 Å². The van der Waals surface area contributed by atoms with Gasteiger partial charge in [0.05, 0.1) is 6.04 Å². The van der Waals surface area contributed by atoms with Crippen LogP contribution < -0.4 is 5.32 Å². The Labute approximate surface area is 128 Å². The number of amides is 1. The highest BCUT2D eigenvalue weighted by molar-refractivity contribution is 5.76. The van der Waals surface area contributed by atoms with Crippen LogP contribution in [0, 0.1) is 13.8 Å². The molecule has 1 aromatic carbocycles. The molecule has 1 N–H and O–H groups in total. The summed E-state index contributed by atoms with van der Waals surface area (Å²) >= 11 is 0. The molecule has 0 aromatic heterocycles. The fourth-order valence-corrected chi connectivity index (χ4v) is 3.11. The SMILES string of the molecule is CCNC(CN1CCCCCC1=O)c1cc(C)ccc1C. The Bertz CT molecular complexity index is 484. The van der Waals surface area contributed by atoms with E-state index in [1.165, 1.54) is 23.1 Å². The predicted octanol–water partition coefficient (Wildman–Crippen LogP) is 3.36. The van der Waals surface area contributed by atoms with Gasteiger partial charge in [-0.15, -0.1) is 0 Å². The van der Waals surface area contributed by atoms with Gasteiger partial charge in [-0.1, -0.05) is 37.1 Å². The lowest BCUT2D eigenvalue weighted by Crippen LogP contribution is -2.39. The minimum Gasteiger partial charge on any atom is -0.341 e. The van der Waals surface area contributed by atoms with Crippen molar-refractivity contribution in [3.05, 3.63) is 34.9 Å². The van der Waals surface area contributed by atoms with Gasteiger partial charge in [0.2, 0.25) is 5.91 Å². The molecule has 1 saturated heterocycles. The highest BCUT2D eigenvalue weighted by Gasteiger charge is 2.22. The van der Waals surface area contributed by atoms with Crippen LogP contribution in [0.5, 0.6) is 0 Å². The number of aryl methyl sites for hydroxylation is 2. The summed E-state index contributed by atoms with van der Waals surface area (Å²) < 4.78 is 0. The Morgan fingerprint density at radius 2 is 2.05 bits per heavy atom. The lowest BCUT2D eigenvalue weighted by atomic mass is 9.98. The van der Waals surface area contributed by atoms with Gasteiger partial charge in [-0.3, -0.25) is 4.79 Å². The number of carbonyl (C=O) groups is 1. The summed E-state index contributed by atoms with van der Waals surface area (Å²) in [6.07, 6.45) is 4.07. The largest absolute Gasteiger partial charge is 0.341 e. The van der Waals surface area contributed by atoms with Crippen molar-refractivity contribution in [1.82, 2.24) is 10.2 Å². The zero-order chi connectivity index (χ0) is 15.2. The van der Waals surface area contributed by atoms with E-state index in [1.807, 2.05) is 0 Å². The molecule has 0 radical (unpaired) electrons. The van der Waals surface area contributed by atoms with Crippen molar-refractivity contribution >= 4 is 5.91 Å². The second-order valence-corrected chi connectivity index (χ2v) is 6.12. The number of carbonyl (C=O) groups excluding carboxylic acids is 1. The number of likely N-dealkylation sites (tertiary alicyclic amines) is 1. The van der Waals surface area contributed by atoms with Crippen LogP contribution in [0.25, 0.3) is 0 Å². The fourth-order valence-electron chi connectivity index (χ4n) is 3.11. The number of hydrogen-bond donors (Lipinski definition) is 1. The Morgan fingerprint density at radius 3 is 2.81 bits per heavy atom. The van der Waals surface area contributed by atoms with Gasteiger partial charge < -0.3 is 10.2 Å². The summed E-state index contributed by atoms with van der Waals surface area (Å²) in [5.74, 6) is 0.320. The lowest BCUT2D eigenvalue weighted by molar-refractivity contribution is -0.131. The van der Waals surface area contributed by atoms with Gasteiger partial charge in [0, 0.05) is 19.5 Å². The molecule has 21 heavy (non-hydrogen) atoms. The molecule has 0 aliphatic carbocycles. The highest BCUT2D eigenvalue weighted by atomic mass is 16.2. The van der Waals surface area contributed by atoms with Gasteiger partial charge in [0.1, 0.15) is 0 Å². The first-order valence-electron chi connectivity index (χ1n) is 8.20. The molecule has 2 rings (SSSR count). The minimum absolute atomic E-state index is 0.233. The van der Waals surface area contributed by atoms with E-state index in [2.05, 4.69) is 49.2 Å². The maximum absolute atomic E-state index is 12.2. The molecular weight excluding hydrogens is 260 g/mol. The van der Waals surface area contributed by atoms with Crippen LogP contribution in [0.1, 0.15) is 55.3 Å². The van der Waals surface area contributed by atoms with Crippen LogP contribution >= 0.6 is 0 Å². The van der Waals surface area contributed by atoms with Crippen LogP contribution in [-0.4, -0.2) is 30.4 Å². The number of nitrogens with zero attached hydrogens (tertiary/aromatic N) is 1. The van der Waals surface area contributed by atoms with Crippen molar-refractivity contribution in [1.29, 1.82) is 0 Å². The van der Waals surface area contributed by atoms with E-state index in [0.29, 0.717) is 12.3 Å². The first kappa shape index (κ1) is 16.0. The number of rotatable bonds is 5. The summed E-state index contributed by atoms with van der Waals surface area (Å²) in [5.41, 5.74) is 3.91. The average molecular weight is 288 g/mol. The standard InChI is InChI=1S/C18H28N2O/c1-4-19-17(16-12-14(2)9-10-15(16)3)13-20-11-7-5-6-8-18(20)21/h9-10,12,17,19H,4-8,11,13H2,1-3H3. The first-order chi connectivity index (χ1) is 10.1. The second-order valence-electron chi connectivity index (χ2n) is 6.12. The maximum Gasteiger partial charge on any atom is 0.222 e. The summed E-state index contributed by atoms with van der Waals surface area (Å²) in [6.45, 7) is 9.03. The molecule has 1 atom stereocenters. The van der Waals surface area contributed by atoms with E-state index < -0.39 is 0 Å². The van der Waals surface area contributed by atoms with Gasteiger partial charge in [-0.25, -0.2) is 0 Å². The molecule has 0 saturated carbocycles. The summed E-state index contributed by atoms with van der Waals surface area (Å²) in [4.78, 5) is 14.3. The van der Waals surface area contributed by atoms with Crippen molar-refractivity contribution in [3.8, 4) is 0 Å². The quantitative estimate of drug-likeness (QED) is 0.901. The topological polar surface area (TPSA) is 32.3 Å². The van der Waals surface area contributed by atoms with E-state index in [9.17, 15) is 4.79 Å². The van der Waals surface area contributed by atoms with Crippen molar-refractivity contribution in [2.75, 3.05) is 19.6 Å². The molecular formula is C18H28N2O. The number of benzene rings is 1. The Hall–Kier alpha value is -1.35. The Balaban J connectivity index is 2.18. The van der Waals surface area contributed by atoms with Gasteiger partial charge in [-0.2, -0.15) is 0 Å². The molecule has 1 aromatic rings. The first-order valence-corrected chi connectivity index (χ1v) is 8.20. The molecule has 1 fully saturated rings. The van der Waals surface area contributed by atoms with Crippen LogP contribution in [0.4, 0.5) is 0 Å². The monoisotopic (exact) mass is 288 g/mol. The minimum atomic E-state index is 0.233. The van der Waals surface area contributed by atoms with Crippen LogP contribution in [0.15, 0.2) is 18.2 Å². The molecule has 116 valence electrons. The van der Waals surface area contributed by atoms with Crippen molar-refractivity contribution in [2.45, 2.75) is 52.5 Å². The molecule has 0 spiro atoms. The molecule has 3 heteroatoms. The van der Waals surface area contributed by atoms with Crippen molar-refractivity contribution in [2.24, 2.45) is 0 Å². The van der Waals surface area contributed by atoms with Crippen LogP contribution in [0.3, 0.4) is 0 Å². The predicted molar refractivity (Wildman–Crippen MR) is 87.4 cm³/mol. The fraction of sp³-hybridized carbons (Fsp3) is 0.611. The van der Waals surface area contributed by atoms with E-state index in [0.717, 1.165) is 32.5 Å². The third-order valence-corrected chi connectivity index (χ3v) is 4.34. The van der Waals surface area contributed by atoms with Crippen molar-refractivity contribution < 1.29 is 4.79 Å². The van der Waals surface area contributed by atoms with E-state index in [-0.39, 0.29) is 6.04 Å². The third-order valence-electron chi connectivity index (χ3n) is 4.34. The summed E-state index contributed by atoms with van der Waals surface area (Å²) in [7, 11) is 0. The highest BCUT2D eigenvalue weighted by Crippen LogP contribution is 2.22. The molecule has 1 heterocycles. The van der Waals surface area contributed by atoms with Crippen molar-refractivity contribution in [3.63, 3.8) is 0 Å². The smallest absolute Gasteiger partial charge is 0.222 e. The average Bonchev–Trinajstić information content (AvgIpc) is 2.66. The van der Waals surface area contributed by atoms with Gasteiger partial charge in [-0.05, 0) is 44.4 Å². The zero-order valence-corrected chi connectivity index (χ0v) is 13.6. The Morgan fingerprint density at radius 1 is 1.24 bits per heavy atom. The third kappa shape index (κ3) is 4.31. The van der Waals surface area contributed by atoms with E-state index in [1.54, 1.807) is 0 Å². The normalized spacial score (nSPS) is 17.7. The molecule has 0 bridgehead atoms. The number of nitrogens with one attached hydrogen (secondary N) is 1. The van der Waals surface area contributed by atoms with E-state index in [4.69, 9.17) is 0 Å². The van der Waals surface area contributed by atoms with Crippen LogP contribution in [-0.2, 0) is 4.79 Å². The molecule has 3 nitrogen and oxygen atoms in total. The van der Waals surface area contributed by atoms with E-state index >= 15 is 0 Å². The lowest BCUT2D eigenvalue weighted by Gasteiger charge is -2.28. The van der Waals surface area contributed by atoms with Gasteiger partial charge >= 0.3 is 0 Å². The number of likely N-dealkylation sites (N-methyl/N-ethyl adjacent to an activating group) is 1. The number of hydrogen-bond acceptors (Lipinski definition) is 2. The Kier molecular flexibility index (Phi) is 5.80. The summed E-state index contributed by atoms with van der Waals surface area (Å²) in [5, 5.41) is 3.56. The molecule has 1 aliphatic heterocycles. The second kappa shape index (κ2) is 7.60. The molecule has 1 unspecified atom stereocenters. The molecule has 1 aliphatic rings. The van der Waals surface area contributed by atoms with Gasteiger partial charge in [0.15, 0.2) is 0 Å². The zero-order valence-electron chi connectivity index (χ0n) is 13.6.